The maximum Gasteiger partial charge on any atom is 0.274 e. The molecule has 2 N–H and O–H groups in total. The third-order valence-electron chi connectivity index (χ3n) is 4.13. The van der Waals surface area contributed by atoms with Gasteiger partial charge in [0.1, 0.15) is 23.2 Å². The van der Waals surface area contributed by atoms with Gasteiger partial charge in [0.2, 0.25) is 0 Å². The summed E-state index contributed by atoms with van der Waals surface area (Å²) < 4.78 is 12.9. The summed E-state index contributed by atoms with van der Waals surface area (Å²) in [6.07, 6.45) is 5.98. The second-order valence-electron chi connectivity index (χ2n) is 6.13. The fraction of sp³-hybridized carbons (Fsp3) is 0.389. The van der Waals surface area contributed by atoms with Gasteiger partial charge in [0.05, 0.1) is 0 Å². The van der Waals surface area contributed by atoms with E-state index in [4.69, 9.17) is 0 Å². The second kappa shape index (κ2) is 7.38. The van der Waals surface area contributed by atoms with E-state index < -0.39 is 0 Å². The van der Waals surface area contributed by atoms with Crippen LogP contribution in [0.2, 0.25) is 0 Å². The van der Waals surface area contributed by atoms with Crippen LogP contribution in [0.3, 0.4) is 0 Å². The first-order chi connectivity index (χ1) is 11.6. The molecule has 0 unspecified atom stereocenters. The van der Waals surface area contributed by atoms with E-state index in [-0.39, 0.29) is 11.7 Å². The molecule has 0 radical (unpaired) electrons. The van der Waals surface area contributed by atoms with Crippen molar-refractivity contribution in [1.82, 2.24) is 9.97 Å². The van der Waals surface area contributed by atoms with E-state index in [2.05, 4.69) is 20.6 Å². The first-order valence-electron chi connectivity index (χ1n) is 8.29. The van der Waals surface area contributed by atoms with E-state index in [0.717, 1.165) is 12.8 Å². The molecule has 1 aliphatic rings. The fourth-order valence-electron chi connectivity index (χ4n) is 2.94. The fourth-order valence-corrected chi connectivity index (χ4v) is 2.94. The smallest absolute Gasteiger partial charge is 0.274 e. The lowest BCUT2D eigenvalue weighted by atomic mass is 9.95. The lowest BCUT2D eigenvalue weighted by Crippen LogP contribution is -2.24. The molecular weight excluding hydrogens is 307 g/mol. The molecule has 6 heteroatoms. The summed E-state index contributed by atoms with van der Waals surface area (Å²) in [5.74, 6) is 0.544. The quantitative estimate of drug-likeness (QED) is 0.892. The molecule has 24 heavy (non-hydrogen) atoms. The predicted molar refractivity (Wildman–Crippen MR) is 91.6 cm³/mol. The third-order valence-corrected chi connectivity index (χ3v) is 4.13. The number of nitrogens with one attached hydrogen (secondary N) is 2. The van der Waals surface area contributed by atoms with Crippen LogP contribution in [0, 0.1) is 12.7 Å². The molecule has 0 atom stereocenters. The van der Waals surface area contributed by atoms with Gasteiger partial charge in [-0.1, -0.05) is 19.3 Å². The number of aryl methyl sites for hydroxylation is 1. The maximum absolute atomic E-state index is 12.9. The van der Waals surface area contributed by atoms with Crippen LogP contribution in [-0.4, -0.2) is 21.9 Å². The van der Waals surface area contributed by atoms with Crippen molar-refractivity contribution in [2.75, 3.05) is 10.6 Å². The Kier molecular flexibility index (Phi) is 5.03. The largest absolute Gasteiger partial charge is 0.367 e. The average Bonchev–Trinajstić information content (AvgIpc) is 2.57. The minimum Gasteiger partial charge on any atom is -0.367 e. The topological polar surface area (TPSA) is 66.9 Å². The van der Waals surface area contributed by atoms with Crippen LogP contribution < -0.4 is 10.6 Å². The molecule has 1 amide bonds. The number of carbonyl (C=O) groups excluding carboxylic acids is 1. The van der Waals surface area contributed by atoms with Gasteiger partial charge in [0.15, 0.2) is 0 Å². The lowest BCUT2D eigenvalue weighted by molar-refractivity contribution is 0.102. The molecule has 1 fully saturated rings. The van der Waals surface area contributed by atoms with Crippen molar-refractivity contribution in [2.24, 2.45) is 0 Å². The summed E-state index contributed by atoms with van der Waals surface area (Å²) in [6, 6.07) is 7.71. The van der Waals surface area contributed by atoms with Gasteiger partial charge >= 0.3 is 0 Å². The molecule has 1 saturated carbocycles. The van der Waals surface area contributed by atoms with Gasteiger partial charge in [0.25, 0.3) is 5.91 Å². The number of hydrogen-bond acceptors (Lipinski definition) is 4. The molecule has 0 bridgehead atoms. The monoisotopic (exact) mass is 328 g/mol. The van der Waals surface area contributed by atoms with Crippen LogP contribution in [0.25, 0.3) is 0 Å². The molecule has 126 valence electrons. The average molecular weight is 328 g/mol. The van der Waals surface area contributed by atoms with Gasteiger partial charge in [0, 0.05) is 17.8 Å². The molecule has 1 aromatic heterocycles. The molecule has 1 aromatic carbocycles. The van der Waals surface area contributed by atoms with Crippen molar-refractivity contribution in [3.05, 3.63) is 47.7 Å². The summed E-state index contributed by atoms with van der Waals surface area (Å²) in [7, 11) is 0. The molecule has 1 aliphatic carbocycles. The Balaban J connectivity index is 1.72. The normalized spacial score (nSPS) is 15.1. The molecule has 0 saturated heterocycles. The Morgan fingerprint density at radius 2 is 1.83 bits per heavy atom. The van der Waals surface area contributed by atoms with Crippen molar-refractivity contribution < 1.29 is 9.18 Å². The Hall–Kier alpha value is -2.50. The minimum atomic E-state index is -0.343. The van der Waals surface area contributed by atoms with E-state index in [9.17, 15) is 9.18 Å². The number of nitrogens with zero attached hydrogens (tertiary/aromatic N) is 2. The zero-order valence-corrected chi connectivity index (χ0v) is 13.7. The maximum atomic E-state index is 12.9. The molecule has 1 heterocycles. The van der Waals surface area contributed by atoms with E-state index in [0.29, 0.717) is 29.1 Å². The van der Waals surface area contributed by atoms with Crippen molar-refractivity contribution >= 4 is 17.4 Å². The standard InChI is InChI=1S/C18H21FN4O/c1-12-20-16(18(24)23-15-9-7-13(19)8-10-15)11-17(21-12)22-14-5-3-2-4-6-14/h7-11,14H,2-6H2,1H3,(H,23,24)(H,20,21,22). The van der Waals surface area contributed by atoms with Gasteiger partial charge in [-0.25, -0.2) is 14.4 Å². The second-order valence-corrected chi connectivity index (χ2v) is 6.13. The van der Waals surface area contributed by atoms with E-state index >= 15 is 0 Å². The number of halogens is 1. The van der Waals surface area contributed by atoms with Gasteiger partial charge in [-0.15, -0.1) is 0 Å². The van der Waals surface area contributed by atoms with Crippen molar-refractivity contribution in [3.63, 3.8) is 0 Å². The molecular formula is C18H21FN4O. The van der Waals surface area contributed by atoms with Gasteiger partial charge in [-0.05, 0) is 44.0 Å². The number of hydrogen-bond donors (Lipinski definition) is 2. The van der Waals surface area contributed by atoms with E-state index in [1.807, 2.05) is 0 Å². The summed E-state index contributed by atoms with van der Waals surface area (Å²) in [5, 5.41) is 6.13. The van der Waals surface area contributed by atoms with Crippen LogP contribution in [0.15, 0.2) is 30.3 Å². The zero-order valence-electron chi connectivity index (χ0n) is 13.7. The summed E-state index contributed by atoms with van der Waals surface area (Å²) >= 11 is 0. The van der Waals surface area contributed by atoms with Crippen LogP contribution in [0.1, 0.15) is 48.4 Å². The number of carbonyl (C=O) groups is 1. The number of benzene rings is 1. The van der Waals surface area contributed by atoms with E-state index in [1.54, 1.807) is 13.0 Å². The van der Waals surface area contributed by atoms with Crippen LogP contribution >= 0.6 is 0 Å². The highest BCUT2D eigenvalue weighted by Crippen LogP contribution is 2.21. The molecule has 5 nitrogen and oxygen atoms in total. The van der Waals surface area contributed by atoms with Crippen molar-refractivity contribution in [1.29, 1.82) is 0 Å². The molecule has 0 aliphatic heterocycles. The summed E-state index contributed by atoms with van der Waals surface area (Å²) in [6.45, 7) is 1.76. The Morgan fingerprint density at radius 1 is 1.12 bits per heavy atom. The van der Waals surface area contributed by atoms with Gasteiger partial charge in [-0.2, -0.15) is 0 Å². The highest BCUT2D eigenvalue weighted by atomic mass is 19.1. The number of amides is 1. The van der Waals surface area contributed by atoms with Crippen LogP contribution in [0.5, 0.6) is 0 Å². The highest BCUT2D eigenvalue weighted by molar-refractivity contribution is 6.03. The SMILES string of the molecule is Cc1nc(NC2CCCCC2)cc(C(=O)Nc2ccc(F)cc2)n1. The minimum absolute atomic E-state index is 0.296. The molecule has 3 rings (SSSR count). The molecule has 0 spiro atoms. The summed E-state index contributed by atoms with van der Waals surface area (Å²) in [5.41, 5.74) is 0.824. The van der Waals surface area contributed by atoms with Crippen molar-refractivity contribution in [3.8, 4) is 0 Å². The first kappa shape index (κ1) is 16.4. The van der Waals surface area contributed by atoms with Crippen LogP contribution in [0.4, 0.5) is 15.9 Å². The van der Waals surface area contributed by atoms with Gasteiger partial charge < -0.3 is 10.6 Å². The predicted octanol–water partition coefficient (Wildman–Crippen LogP) is 3.92. The van der Waals surface area contributed by atoms with Crippen molar-refractivity contribution in [2.45, 2.75) is 45.1 Å². The zero-order chi connectivity index (χ0) is 16.9. The lowest BCUT2D eigenvalue weighted by Gasteiger charge is -2.23. The molecule has 2 aromatic rings. The van der Waals surface area contributed by atoms with E-state index in [1.165, 1.54) is 43.5 Å². The Labute approximate surface area is 140 Å². The number of aromatic nitrogens is 2. The first-order valence-corrected chi connectivity index (χ1v) is 8.29. The number of anilines is 2. The Morgan fingerprint density at radius 3 is 2.54 bits per heavy atom. The summed E-state index contributed by atoms with van der Waals surface area (Å²) in [4.78, 5) is 21.0. The third kappa shape index (κ3) is 4.28. The highest BCUT2D eigenvalue weighted by Gasteiger charge is 2.16. The Bertz CT molecular complexity index is 711. The van der Waals surface area contributed by atoms with Crippen LogP contribution in [-0.2, 0) is 0 Å². The number of rotatable bonds is 4. The van der Waals surface area contributed by atoms with Gasteiger partial charge in [-0.3, -0.25) is 4.79 Å².